The average Bonchev–Trinajstić information content (AvgIpc) is 2.58. The van der Waals surface area contributed by atoms with Crippen molar-refractivity contribution < 1.29 is 18.3 Å². The highest BCUT2D eigenvalue weighted by atomic mass is 32.2. The Kier molecular flexibility index (Phi) is 2.38. The van der Waals surface area contributed by atoms with Gasteiger partial charge in [-0.15, -0.1) is 0 Å². The third-order valence-electron chi connectivity index (χ3n) is 2.57. The highest BCUT2D eigenvalue weighted by molar-refractivity contribution is 7.92. The van der Waals surface area contributed by atoms with Crippen molar-refractivity contribution in [2.45, 2.75) is 6.42 Å². The second-order valence-electron chi connectivity index (χ2n) is 3.72. The number of carbonyl (C=O) groups excluding carboxylic acids is 1. The normalized spacial score (nSPS) is 14.9. The first-order valence-corrected chi connectivity index (χ1v) is 6.56. The number of aromatic carboxylic acids is 1. The third-order valence-corrected chi connectivity index (χ3v) is 3.75. The molecule has 0 bridgehead atoms. The molecule has 86 valence electrons. The summed E-state index contributed by atoms with van der Waals surface area (Å²) in [5, 5.41) is 10.6. The van der Waals surface area contributed by atoms with E-state index in [0.29, 0.717) is 18.7 Å². The van der Waals surface area contributed by atoms with E-state index in [2.05, 4.69) is 0 Å². The molecule has 0 atom stereocenters. The van der Waals surface area contributed by atoms with Gasteiger partial charge in [0, 0.05) is 6.54 Å². The third kappa shape index (κ3) is 1.76. The minimum absolute atomic E-state index is 0.0779. The molecule has 16 heavy (non-hydrogen) atoms. The maximum absolute atomic E-state index is 11.4. The zero-order chi connectivity index (χ0) is 11.9. The minimum atomic E-state index is -3.28. The molecule has 0 aliphatic carbocycles. The average molecular weight is 240 g/mol. The predicted octanol–water partition coefficient (Wildman–Crippen LogP) is -0.628. The number of nitrogens with zero attached hydrogens (tertiary/aromatic N) is 1. The Morgan fingerprint density at radius 3 is 2.69 bits per heavy atom. The molecule has 0 saturated carbocycles. The molecule has 0 fully saturated rings. The minimum Gasteiger partial charge on any atom is -0.545 e. The molecule has 0 unspecified atom stereocenters. The van der Waals surface area contributed by atoms with Gasteiger partial charge >= 0.3 is 0 Å². The Balaban J connectivity index is 2.48. The molecule has 0 radical (unpaired) electrons. The van der Waals surface area contributed by atoms with Gasteiger partial charge in [-0.1, -0.05) is 6.07 Å². The van der Waals surface area contributed by atoms with Gasteiger partial charge < -0.3 is 9.90 Å². The van der Waals surface area contributed by atoms with Crippen LogP contribution in [-0.2, 0) is 16.4 Å². The van der Waals surface area contributed by atoms with Crippen molar-refractivity contribution in [2.24, 2.45) is 0 Å². The molecule has 0 spiro atoms. The number of anilines is 1. The standard InChI is InChI=1S/C10H11NO4S/c1-16(14,15)11-5-4-7-6-8(10(12)13)2-3-9(7)11/h2-3,6H,4-5H2,1H3,(H,12,13)/p-1. The molecule has 0 saturated heterocycles. The van der Waals surface area contributed by atoms with E-state index < -0.39 is 16.0 Å². The van der Waals surface area contributed by atoms with E-state index in [9.17, 15) is 18.3 Å². The van der Waals surface area contributed by atoms with Gasteiger partial charge in [0.05, 0.1) is 17.9 Å². The first kappa shape index (κ1) is 10.9. The van der Waals surface area contributed by atoms with Crippen LogP contribution in [0.2, 0.25) is 0 Å². The molecule has 5 nitrogen and oxygen atoms in total. The van der Waals surface area contributed by atoms with Crippen LogP contribution in [0, 0.1) is 0 Å². The van der Waals surface area contributed by atoms with Crippen LogP contribution >= 0.6 is 0 Å². The largest absolute Gasteiger partial charge is 0.545 e. The second kappa shape index (κ2) is 3.48. The van der Waals surface area contributed by atoms with E-state index in [1.54, 1.807) is 0 Å². The molecule has 1 aliphatic rings. The number of hydrogen-bond donors (Lipinski definition) is 0. The van der Waals surface area contributed by atoms with Gasteiger partial charge in [0.25, 0.3) is 0 Å². The van der Waals surface area contributed by atoms with Crippen LogP contribution in [-0.4, -0.2) is 27.2 Å². The molecular formula is C10H10NO4S-. The van der Waals surface area contributed by atoms with Crippen molar-refractivity contribution >= 4 is 21.7 Å². The quantitative estimate of drug-likeness (QED) is 0.689. The number of fused-ring (bicyclic) bond motifs is 1. The summed E-state index contributed by atoms with van der Waals surface area (Å²) in [6.45, 7) is 0.366. The fraction of sp³-hybridized carbons (Fsp3) is 0.300. The van der Waals surface area contributed by atoms with Crippen LogP contribution in [0.15, 0.2) is 18.2 Å². The molecule has 1 aliphatic heterocycles. The van der Waals surface area contributed by atoms with E-state index >= 15 is 0 Å². The van der Waals surface area contributed by atoms with Crippen LogP contribution < -0.4 is 9.41 Å². The van der Waals surface area contributed by atoms with E-state index in [4.69, 9.17) is 0 Å². The van der Waals surface area contributed by atoms with Gasteiger partial charge in [-0.3, -0.25) is 4.31 Å². The summed E-state index contributed by atoms with van der Waals surface area (Å²) in [6, 6.07) is 4.34. The van der Waals surface area contributed by atoms with Crippen LogP contribution in [0.4, 0.5) is 5.69 Å². The Bertz CT molecular complexity index is 550. The highest BCUT2D eigenvalue weighted by Crippen LogP contribution is 2.30. The maximum atomic E-state index is 11.4. The molecule has 0 N–H and O–H groups in total. The van der Waals surface area contributed by atoms with Crippen molar-refractivity contribution in [3.8, 4) is 0 Å². The summed E-state index contributed by atoms with van der Waals surface area (Å²) < 4.78 is 24.1. The zero-order valence-corrected chi connectivity index (χ0v) is 9.45. The lowest BCUT2D eigenvalue weighted by atomic mass is 10.1. The lowest BCUT2D eigenvalue weighted by Gasteiger charge is -2.16. The van der Waals surface area contributed by atoms with Crippen molar-refractivity contribution in [3.63, 3.8) is 0 Å². The Labute approximate surface area is 93.4 Å². The topological polar surface area (TPSA) is 77.5 Å². The first-order chi connectivity index (χ1) is 7.39. The number of hydrogen-bond acceptors (Lipinski definition) is 4. The molecule has 1 aromatic rings. The molecule has 1 aromatic carbocycles. The summed E-state index contributed by atoms with van der Waals surface area (Å²) in [4.78, 5) is 10.6. The van der Waals surface area contributed by atoms with E-state index in [0.717, 1.165) is 11.8 Å². The molecule has 1 heterocycles. The molecule has 0 amide bonds. The summed E-state index contributed by atoms with van der Waals surface area (Å²) >= 11 is 0. The van der Waals surface area contributed by atoms with Crippen LogP contribution in [0.25, 0.3) is 0 Å². The molecule has 6 heteroatoms. The van der Waals surface area contributed by atoms with Gasteiger partial charge in [-0.2, -0.15) is 0 Å². The van der Waals surface area contributed by atoms with Crippen LogP contribution in [0.1, 0.15) is 15.9 Å². The van der Waals surface area contributed by atoms with Crippen LogP contribution in [0.3, 0.4) is 0 Å². The van der Waals surface area contributed by atoms with Gasteiger partial charge in [0.15, 0.2) is 0 Å². The summed E-state index contributed by atoms with van der Waals surface area (Å²) in [7, 11) is -3.28. The number of carboxylic acids is 1. The SMILES string of the molecule is CS(=O)(=O)N1CCc2cc(C(=O)[O-])ccc21. The maximum Gasteiger partial charge on any atom is 0.232 e. The Hall–Kier alpha value is -1.56. The number of benzene rings is 1. The Morgan fingerprint density at radius 1 is 1.44 bits per heavy atom. The van der Waals surface area contributed by atoms with Gasteiger partial charge in [0.2, 0.25) is 10.0 Å². The lowest BCUT2D eigenvalue weighted by Crippen LogP contribution is -2.27. The Morgan fingerprint density at radius 2 is 2.12 bits per heavy atom. The van der Waals surface area contributed by atoms with Gasteiger partial charge in [0.1, 0.15) is 0 Å². The highest BCUT2D eigenvalue weighted by Gasteiger charge is 2.25. The molecule has 0 aromatic heterocycles. The zero-order valence-electron chi connectivity index (χ0n) is 8.63. The van der Waals surface area contributed by atoms with E-state index in [1.807, 2.05) is 0 Å². The fourth-order valence-electron chi connectivity index (χ4n) is 1.84. The summed E-state index contributed by atoms with van der Waals surface area (Å²) in [5.41, 5.74) is 1.37. The van der Waals surface area contributed by atoms with E-state index in [-0.39, 0.29) is 5.56 Å². The summed E-state index contributed by atoms with van der Waals surface area (Å²) in [5.74, 6) is -1.25. The van der Waals surface area contributed by atoms with Crippen molar-refractivity contribution in [3.05, 3.63) is 29.3 Å². The van der Waals surface area contributed by atoms with Gasteiger partial charge in [-0.25, -0.2) is 8.42 Å². The summed E-state index contributed by atoms with van der Waals surface area (Å²) in [6.07, 6.45) is 1.66. The molecular weight excluding hydrogens is 230 g/mol. The number of rotatable bonds is 2. The number of carbonyl (C=O) groups is 1. The molecule has 2 rings (SSSR count). The van der Waals surface area contributed by atoms with Crippen molar-refractivity contribution in [1.29, 1.82) is 0 Å². The van der Waals surface area contributed by atoms with Crippen molar-refractivity contribution in [2.75, 3.05) is 17.1 Å². The monoisotopic (exact) mass is 240 g/mol. The van der Waals surface area contributed by atoms with E-state index in [1.165, 1.54) is 22.5 Å². The predicted molar refractivity (Wildman–Crippen MR) is 56.7 cm³/mol. The lowest BCUT2D eigenvalue weighted by molar-refractivity contribution is -0.255. The number of carboxylic acid groups (broad SMARTS) is 1. The van der Waals surface area contributed by atoms with Crippen molar-refractivity contribution in [1.82, 2.24) is 0 Å². The fourth-order valence-corrected chi connectivity index (χ4v) is 2.80. The number of sulfonamides is 1. The van der Waals surface area contributed by atoms with Gasteiger partial charge in [-0.05, 0) is 29.7 Å². The smallest absolute Gasteiger partial charge is 0.232 e. The first-order valence-electron chi connectivity index (χ1n) is 4.71. The van der Waals surface area contributed by atoms with Crippen LogP contribution in [0.5, 0.6) is 0 Å². The second-order valence-corrected chi connectivity index (χ2v) is 5.62.